The van der Waals surface area contributed by atoms with E-state index < -0.39 is 0 Å². The molecule has 1 amide bonds. The summed E-state index contributed by atoms with van der Waals surface area (Å²) in [6, 6.07) is 11.3. The molecule has 4 rings (SSSR count). The number of carbonyl (C=O) groups excluding carboxylic acids is 1. The summed E-state index contributed by atoms with van der Waals surface area (Å²) < 4.78 is 0. The summed E-state index contributed by atoms with van der Waals surface area (Å²) in [5, 5.41) is 12.5. The summed E-state index contributed by atoms with van der Waals surface area (Å²) in [6.07, 6.45) is 6.82. The van der Waals surface area contributed by atoms with Gasteiger partial charge in [0.25, 0.3) is 0 Å². The number of nitriles is 1. The number of nitrogens with one attached hydrogen (secondary N) is 1. The van der Waals surface area contributed by atoms with Gasteiger partial charge in [0.05, 0.1) is 17.6 Å². The molecule has 3 aliphatic rings. The molecule has 1 aromatic carbocycles. The molecule has 2 heterocycles. The van der Waals surface area contributed by atoms with Gasteiger partial charge in [0.2, 0.25) is 5.91 Å². The van der Waals surface area contributed by atoms with Crippen molar-refractivity contribution in [3.05, 3.63) is 35.4 Å². The van der Waals surface area contributed by atoms with Crippen LogP contribution in [0.3, 0.4) is 0 Å². The zero-order valence-electron chi connectivity index (χ0n) is 16.1. The van der Waals surface area contributed by atoms with E-state index in [0.29, 0.717) is 12.1 Å². The highest BCUT2D eigenvalue weighted by Gasteiger charge is 2.33. The highest BCUT2D eigenvalue weighted by atomic mass is 16.2. The van der Waals surface area contributed by atoms with Gasteiger partial charge in [-0.2, -0.15) is 5.26 Å². The van der Waals surface area contributed by atoms with Crippen LogP contribution in [0.1, 0.15) is 49.7 Å². The molecule has 5 nitrogen and oxygen atoms in total. The zero-order valence-corrected chi connectivity index (χ0v) is 16.1. The smallest absolute Gasteiger partial charge is 0.224 e. The maximum Gasteiger partial charge on any atom is 0.224 e. The lowest BCUT2D eigenvalue weighted by atomic mass is 9.93. The summed E-state index contributed by atoms with van der Waals surface area (Å²) in [5.41, 5.74) is 1.92. The Morgan fingerprint density at radius 2 is 1.89 bits per heavy atom. The summed E-state index contributed by atoms with van der Waals surface area (Å²) in [5.74, 6) is 0.465. The quantitative estimate of drug-likeness (QED) is 0.870. The number of piperidine rings is 2. The normalized spacial score (nSPS) is 25.1. The van der Waals surface area contributed by atoms with Gasteiger partial charge in [-0.15, -0.1) is 0 Å². The van der Waals surface area contributed by atoms with Crippen LogP contribution in [0.5, 0.6) is 0 Å². The summed E-state index contributed by atoms with van der Waals surface area (Å²) in [7, 11) is 0. The maximum atomic E-state index is 12.4. The minimum absolute atomic E-state index is 0.180. The van der Waals surface area contributed by atoms with Crippen LogP contribution in [0.15, 0.2) is 24.3 Å². The molecule has 3 fully saturated rings. The van der Waals surface area contributed by atoms with Crippen molar-refractivity contribution in [3.63, 3.8) is 0 Å². The summed E-state index contributed by atoms with van der Waals surface area (Å²) in [6.45, 7) is 5.07. The van der Waals surface area contributed by atoms with Crippen molar-refractivity contribution < 1.29 is 4.79 Å². The van der Waals surface area contributed by atoms with Crippen LogP contribution in [0.2, 0.25) is 0 Å². The van der Waals surface area contributed by atoms with Crippen LogP contribution in [0, 0.1) is 17.2 Å². The molecule has 0 radical (unpaired) electrons. The lowest BCUT2D eigenvalue weighted by Gasteiger charge is -2.42. The fraction of sp³-hybridized carbons (Fsp3) is 0.636. The van der Waals surface area contributed by atoms with Crippen molar-refractivity contribution in [1.82, 2.24) is 15.1 Å². The number of benzene rings is 1. The second-order valence-electron chi connectivity index (χ2n) is 8.39. The van der Waals surface area contributed by atoms with E-state index >= 15 is 0 Å². The Labute approximate surface area is 162 Å². The van der Waals surface area contributed by atoms with Gasteiger partial charge in [-0.05, 0) is 69.8 Å². The van der Waals surface area contributed by atoms with Gasteiger partial charge in [-0.1, -0.05) is 18.2 Å². The second kappa shape index (κ2) is 8.41. The molecule has 0 aromatic heterocycles. The Morgan fingerprint density at radius 1 is 1.11 bits per heavy atom. The lowest BCUT2D eigenvalue weighted by molar-refractivity contribution is -0.127. The number of amides is 1. The standard InChI is InChI=1S/C22H30N4O/c23-14-17-4-1-2-5-18(17)15-25-12-9-21(10-13-25)26-11-3-6-19(16-26)22(27)24-20-7-8-20/h1-2,4-5,19-21H,3,6-13,15-16H2,(H,24,27). The number of rotatable bonds is 5. The van der Waals surface area contributed by atoms with Gasteiger partial charge in [-0.25, -0.2) is 0 Å². The fourth-order valence-electron chi connectivity index (χ4n) is 4.55. The predicted molar refractivity (Wildman–Crippen MR) is 105 cm³/mol. The van der Waals surface area contributed by atoms with Gasteiger partial charge in [-0.3, -0.25) is 14.6 Å². The first-order chi connectivity index (χ1) is 13.2. The molecule has 1 atom stereocenters. The molecule has 1 unspecified atom stereocenters. The summed E-state index contributed by atoms with van der Waals surface area (Å²) >= 11 is 0. The van der Waals surface area contributed by atoms with E-state index in [1.807, 2.05) is 18.2 Å². The highest BCUT2D eigenvalue weighted by molar-refractivity contribution is 5.79. The van der Waals surface area contributed by atoms with Gasteiger partial charge >= 0.3 is 0 Å². The van der Waals surface area contributed by atoms with E-state index in [-0.39, 0.29) is 11.8 Å². The Bertz CT molecular complexity index is 701. The van der Waals surface area contributed by atoms with Crippen molar-refractivity contribution in [2.24, 2.45) is 5.92 Å². The molecular formula is C22H30N4O. The Hall–Kier alpha value is -1.90. The SMILES string of the molecule is N#Cc1ccccc1CN1CCC(N2CCCC(C(=O)NC3CC3)C2)CC1. The van der Waals surface area contributed by atoms with Crippen LogP contribution in [-0.4, -0.2) is 54.0 Å². The van der Waals surface area contributed by atoms with Crippen molar-refractivity contribution in [1.29, 1.82) is 5.26 Å². The van der Waals surface area contributed by atoms with E-state index in [0.717, 1.165) is 82.4 Å². The third-order valence-corrected chi connectivity index (χ3v) is 6.35. The predicted octanol–water partition coefficient (Wildman–Crippen LogP) is 2.51. The first-order valence-electron chi connectivity index (χ1n) is 10.5. The number of likely N-dealkylation sites (tertiary alicyclic amines) is 2. The van der Waals surface area contributed by atoms with Crippen LogP contribution < -0.4 is 5.32 Å². The number of hydrogen-bond donors (Lipinski definition) is 1. The number of carbonyl (C=O) groups is 1. The molecular weight excluding hydrogens is 336 g/mol. The van der Waals surface area contributed by atoms with Crippen molar-refractivity contribution >= 4 is 5.91 Å². The molecule has 144 valence electrons. The van der Waals surface area contributed by atoms with E-state index in [2.05, 4.69) is 27.3 Å². The number of hydrogen-bond acceptors (Lipinski definition) is 4. The lowest BCUT2D eigenvalue weighted by Crippen LogP contribution is -2.50. The first kappa shape index (κ1) is 18.5. The molecule has 2 aliphatic heterocycles. The first-order valence-corrected chi connectivity index (χ1v) is 10.5. The van der Waals surface area contributed by atoms with Crippen LogP contribution in [0.4, 0.5) is 0 Å². The maximum absolute atomic E-state index is 12.4. The van der Waals surface area contributed by atoms with Crippen LogP contribution in [0.25, 0.3) is 0 Å². The van der Waals surface area contributed by atoms with E-state index in [4.69, 9.17) is 0 Å². The van der Waals surface area contributed by atoms with Crippen molar-refractivity contribution in [2.45, 2.75) is 57.2 Å². The molecule has 5 heteroatoms. The van der Waals surface area contributed by atoms with Gasteiger partial charge in [0.1, 0.15) is 0 Å². The molecule has 0 bridgehead atoms. The summed E-state index contributed by atoms with van der Waals surface area (Å²) in [4.78, 5) is 17.5. The Balaban J connectivity index is 1.27. The molecule has 1 saturated carbocycles. The van der Waals surface area contributed by atoms with Crippen LogP contribution >= 0.6 is 0 Å². The van der Waals surface area contributed by atoms with E-state index in [1.165, 1.54) is 0 Å². The molecule has 27 heavy (non-hydrogen) atoms. The average Bonchev–Trinajstić information content (AvgIpc) is 3.53. The molecule has 1 aromatic rings. The van der Waals surface area contributed by atoms with Crippen LogP contribution in [-0.2, 0) is 11.3 Å². The van der Waals surface area contributed by atoms with E-state index in [9.17, 15) is 10.1 Å². The second-order valence-corrected chi connectivity index (χ2v) is 8.39. The van der Waals surface area contributed by atoms with Gasteiger partial charge in [0.15, 0.2) is 0 Å². The Morgan fingerprint density at radius 3 is 2.63 bits per heavy atom. The zero-order chi connectivity index (χ0) is 18.6. The molecule has 2 saturated heterocycles. The van der Waals surface area contributed by atoms with Crippen molar-refractivity contribution in [2.75, 3.05) is 26.2 Å². The average molecular weight is 367 g/mol. The molecule has 0 spiro atoms. The topological polar surface area (TPSA) is 59.4 Å². The Kier molecular flexibility index (Phi) is 5.75. The van der Waals surface area contributed by atoms with Gasteiger partial charge in [0, 0.05) is 25.2 Å². The van der Waals surface area contributed by atoms with Gasteiger partial charge < -0.3 is 5.32 Å². The third kappa shape index (κ3) is 4.69. The number of nitrogens with zero attached hydrogens (tertiary/aromatic N) is 3. The molecule has 1 N–H and O–H groups in total. The molecule has 1 aliphatic carbocycles. The largest absolute Gasteiger partial charge is 0.353 e. The highest BCUT2D eigenvalue weighted by Crippen LogP contribution is 2.26. The fourth-order valence-corrected chi connectivity index (χ4v) is 4.55. The monoisotopic (exact) mass is 366 g/mol. The minimum Gasteiger partial charge on any atom is -0.353 e. The van der Waals surface area contributed by atoms with Crippen molar-refractivity contribution in [3.8, 4) is 6.07 Å². The minimum atomic E-state index is 0.180. The third-order valence-electron chi connectivity index (χ3n) is 6.35. The van der Waals surface area contributed by atoms with E-state index in [1.54, 1.807) is 0 Å².